The van der Waals surface area contributed by atoms with Gasteiger partial charge in [-0.15, -0.1) is 10.2 Å². The zero-order valence-electron chi connectivity index (χ0n) is 16.4. The topological polar surface area (TPSA) is 80.3 Å². The van der Waals surface area contributed by atoms with Crippen LogP contribution in [0.15, 0.2) is 59.8 Å². The lowest BCUT2D eigenvalue weighted by Gasteiger charge is -2.36. The third-order valence-electron chi connectivity index (χ3n) is 5.06. The summed E-state index contributed by atoms with van der Waals surface area (Å²) in [6, 6.07) is 17.9. The summed E-state index contributed by atoms with van der Waals surface area (Å²) in [5.41, 5.74) is 8.67. The van der Waals surface area contributed by atoms with Gasteiger partial charge in [0.15, 0.2) is 11.0 Å². The van der Waals surface area contributed by atoms with E-state index >= 15 is 0 Å². The minimum Gasteiger partial charge on any atom is -0.399 e. The molecule has 3 aromatic rings. The van der Waals surface area contributed by atoms with Gasteiger partial charge in [0.05, 0.1) is 5.75 Å². The Balaban J connectivity index is 1.33. The molecular weight excluding hydrogens is 384 g/mol. The molecule has 7 nitrogen and oxygen atoms in total. The van der Waals surface area contributed by atoms with E-state index in [1.807, 2.05) is 59.0 Å². The lowest BCUT2D eigenvalue weighted by Crippen LogP contribution is -2.49. The predicted molar refractivity (Wildman–Crippen MR) is 117 cm³/mol. The molecule has 2 heterocycles. The van der Waals surface area contributed by atoms with Crippen molar-refractivity contribution in [3.05, 3.63) is 54.6 Å². The molecule has 4 rings (SSSR count). The van der Waals surface area contributed by atoms with Gasteiger partial charge < -0.3 is 20.1 Å². The first-order valence-electron chi connectivity index (χ1n) is 9.57. The molecule has 1 fully saturated rings. The van der Waals surface area contributed by atoms with Gasteiger partial charge in [-0.1, -0.05) is 42.1 Å². The predicted octanol–water partition coefficient (Wildman–Crippen LogP) is 2.51. The highest BCUT2D eigenvalue weighted by atomic mass is 32.2. The van der Waals surface area contributed by atoms with E-state index in [2.05, 4.69) is 27.2 Å². The van der Waals surface area contributed by atoms with Gasteiger partial charge >= 0.3 is 0 Å². The summed E-state index contributed by atoms with van der Waals surface area (Å²) < 4.78 is 1.90. The minimum absolute atomic E-state index is 0.135. The number of carbonyl (C=O) groups is 1. The molecule has 2 aromatic carbocycles. The highest BCUT2D eigenvalue weighted by Crippen LogP contribution is 2.24. The van der Waals surface area contributed by atoms with Crippen LogP contribution in [0.3, 0.4) is 0 Å². The Hall–Kier alpha value is -3.00. The molecule has 0 radical (unpaired) electrons. The van der Waals surface area contributed by atoms with Gasteiger partial charge in [0, 0.05) is 50.2 Å². The van der Waals surface area contributed by atoms with Crippen LogP contribution in [-0.4, -0.2) is 57.5 Å². The van der Waals surface area contributed by atoms with E-state index in [-0.39, 0.29) is 5.91 Å². The van der Waals surface area contributed by atoms with E-state index in [1.54, 1.807) is 0 Å². The van der Waals surface area contributed by atoms with Crippen molar-refractivity contribution in [2.75, 3.05) is 42.6 Å². The summed E-state index contributed by atoms with van der Waals surface area (Å²) in [7, 11) is 1.91. The molecule has 0 atom stereocenters. The lowest BCUT2D eigenvalue weighted by molar-refractivity contribution is -0.128. The fourth-order valence-electron chi connectivity index (χ4n) is 3.44. The number of rotatable bonds is 5. The summed E-state index contributed by atoms with van der Waals surface area (Å²) in [5.74, 6) is 1.23. The van der Waals surface area contributed by atoms with E-state index in [0.29, 0.717) is 11.4 Å². The maximum absolute atomic E-state index is 12.7. The zero-order chi connectivity index (χ0) is 20.2. The molecule has 0 aliphatic carbocycles. The maximum atomic E-state index is 12.7. The first-order chi connectivity index (χ1) is 14.1. The van der Waals surface area contributed by atoms with Crippen LogP contribution >= 0.6 is 11.8 Å². The van der Waals surface area contributed by atoms with Crippen molar-refractivity contribution in [2.45, 2.75) is 5.16 Å². The Bertz CT molecular complexity index is 982. The number of nitrogen functional groups attached to an aromatic ring is 1. The maximum Gasteiger partial charge on any atom is 0.233 e. The van der Waals surface area contributed by atoms with Crippen LogP contribution in [0.4, 0.5) is 11.4 Å². The number of piperazine rings is 1. The highest BCUT2D eigenvalue weighted by molar-refractivity contribution is 7.99. The molecule has 1 aliphatic rings. The van der Waals surface area contributed by atoms with Gasteiger partial charge in [-0.2, -0.15) is 0 Å². The first-order valence-corrected chi connectivity index (χ1v) is 10.6. The molecule has 1 saturated heterocycles. The summed E-state index contributed by atoms with van der Waals surface area (Å²) in [6.45, 7) is 3.18. The van der Waals surface area contributed by atoms with Crippen molar-refractivity contribution in [1.29, 1.82) is 0 Å². The van der Waals surface area contributed by atoms with Gasteiger partial charge in [-0.25, -0.2) is 0 Å². The van der Waals surface area contributed by atoms with Crippen LogP contribution in [0.25, 0.3) is 11.4 Å². The number of thioether (sulfide) groups is 1. The minimum atomic E-state index is 0.135. The summed E-state index contributed by atoms with van der Waals surface area (Å²) in [6.07, 6.45) is 0. The van der Waals surface area contributed by atoms with Gasteiger partial charge in [0.1, 0.15) is 0 Å². The molecule has 8 heteroatoms. The quantitative estimate of drug-likeness (QED) is 0.516. The van der Waals surface area contributed by atoms with E-state index in [9.17, 15) is 4.79 Å². The number of hydrogen-bond acceptors (Lipinski definition) is 6. The van der Waals surface area contributed by atoms with E-state index in [1.165, 1.54) is 17.4 Å². The molecule has 29 heavy (non-hydrogen) atoms. The average Bonchev–Trinajstić information content (AvgIpc) is 3.13. The molecule has 1 aromatic heterocycles. The molecule has 0 bridgehead atoms. The third kappa shape index (κ3) is 4.37. The Morgan fingerprint density at radius 2 is 1.79 bits per heavy atom. The van der Waals surface area contributed by atoms with Crippen molar-refractivity contribution in [3.8, 4) is 11.4 Å². The van der Waals surface area contributed by atoms with Crippen molar-refractivity contribution in [2.24, 2.45) is 7.05 Å². The number of anilines is 2. The zero-order valence-corrected chi connectivity index (χ0v) is 17.2. The van der Waals surface area contributed by atoms with Crippen LogP contribution in [0.2, 0.25) is 0 Å². The van der Waals surface area contributed by atoms with E-state index < -0.39 is 0 Å². The summed E-state index contributed by atoms with van der Waals surface area (Å²) in [5, 5.41) is 9.23. The van der Waals surface area contributed by atoms with Crippen LogP contribution in [0.1, 0.15) is 0 Å². The summed E-state index contributed by atoms with van der Waals surface area (Å²) in [4.78, 5) is 16.9. The second-order valence-electron chi connectivity index (χ2n) is 6.98. The Labute approximate surface area is 174 Å². The van der Waals surface area contributed by atoms with Crippen molar-refractivity contribution < 1.29 is 4.79 Å². The molecule has 1 aliphatic heterocycles. The standard InChI is InChI=1S/C21H24N6OS/c1-25-20(16-6-5-7-17(22)14-16)23-24-21(25)29-15-19(28)27-12-10-26(11-13-27)18-8-3-2-4-9-18/h2-9,14H,10-13,15,22H2,1H3. The largest absolute Gasteiger partial charge is 0.399 e. The molecule has 2 N–H and O–H groups in total. The Kier molecular flexibility index (Phi) is 5.71. The van der Waals surface area contributed by atoms with Gasteiger partial charge in [-0.3, -0.25) is 4.79 Å². The second-order valence-corrected chi connectivity index (χ2v) is 7.93. The lowest BCUT2D eigenvalue weighted by atomic mass is 10.2. The number of amides is 1. The Morgan fingerprint density at radius 1 is 1.03 bits per heavy atom. The number of nitrogens with two attached hydrogens (primary N) is 1. The number of nitrogens with zero attached hydrogens (tertiary/aromatic N) is 5. The van der Waals surface area contributed by atoms with Crippen molar-refractivity contribution >= 4 is 29.0 Å². The van der Waals surface area contributed by atoms with E-state index in [0.717, 1.165) is 42.7 Å². The first kappa shape index (κ1) is 19.3. The van der Waals surface area contributed by atoms with E-state index in [4.69, 9.17) is 5.73 Å². The molecular formula is C21H24N6OS. The normalized spacial score (nSPS) is 14.2. The number of benzene rings is 2. The fourth-order valence-corrected chi connectivity index (χ4v) is 4.25. The van der Waals surface area contributed by atoms with Crippen LogP contribution in [0.5, 0.6) is 0 Å². The fraction of sp³-hybridized carbons (Fsp3) is 0.286. The van der Waals surface area contributed by atoms with Crippen molar-refractivity contribution in [3.63, 3.8) is 0 Å². The van der Waals surface area contributed by atoms with Crippen LogP contribution in [0, 0.1) is 0 Å². The third-order valence-corrected chi connectivity index (χ3v) is 6.06. The smallest absolute Gasteiger partial charge is 0.233 e. The highest BCUT2D eigenvalue weighted by Gasteiger charge is 2.22. The van der Waals surface area contributed by atoms with Crippen molar-refractivity contribution in [1.82, 2.24) is 19.7 Å². The number of aromatic nitrogens is 3. The summed E-state index contributed by atoms with van der Waals surface area (Å²) >= 11 is 1.42. The molecule has 0 spiro atoms. The molecule has 150 valence electrons. The molecule has 0 unspecified atom stereocenters. The second kappa shape index (κ2) is 8.57. The number of hydrogen-bond donors (Lipinski definition) is 1. The number of carbonyl (C=O) groups excluding carboxylic acids is 1. The average molecular weight is 409 g/mol. The molecule has 1 amide bonds. The number of para-hydroxylation sites is 1. The van der Waals surface area contributed by atoms with Gasteiger partial charge in [0.2, 0.25) is 5.91 Å². The molecule has 0 saturated carbocycles. The van der Waals surface area contributed by atoms with Gasteiger partial charge in [0.25, 0.3) is 0 Å². The monoisotopic (exact) mass is 408 g/mol. The SMILES string of the molecule is Cn1c(SCC(=O)N2CCN(c3ccccc3)CC2)nnc1-c1cccc(N)c1. The van der Waals surface area contributed by atoms with Crippen LogP contribution in [-0.2, 0) is 11.8 Å². The van der Waals surface area contributed by atoms with Gasteiger partial charge in [-0.05, 0) is 24.3 Å². The Morgan fingerprint density at radius 3 is 2.52 bits per heavy atom. The van der Waals surface area contributed by atoms with Crippen LogP contribution < -0.4 is 10.6 Å².